The fourth-order valence-corrected chi connectivity index (χ4v) is 1.23. The van der Waals surface area contributed by atoms with E-state index in [1.54, 1.807) is 0 Å². The predicted molar refractivity (Wildman–Crippen MR) is 51.1 cm³/mol. The molecule has 88 valence electrons. The standard InChI is InChI=1S/C9H5BrF4O2/c10-6-2-1-5(4-15)7(3-6)16-9(13,14)8(11)12/h1-4,8H. The van der Waals surface area contributed by atoms with Gasteiger partial charge in [0, 0.05) is 4.47 Å². The second kappa shape index (κ2) is 4.82. The molecule has 0 atom stereocenters. The van der Waals surface area contributed by atoms with E-state index >= 15 is 0 Å². The van der Waals surface area contributed by atoms with Crippen molar-refractivity contribution in [2.45, 2.75) is 12.5 Å². The molecule has 16 heavy (non-hydrogen) atoms. The number of carbonyl (C=O) groups excluding carboxylic acids is 1. The van der Waals surface area contributed by atoms with E-state index in [-0.39, 0.29) is 11.8 Å². The predicted octanol–water partition coefficient (Wildman–Crippen LogP) is 3.50. The fourth-order valence-electron chi connectivity index (χ4n) is 0.885. The summed E-state index contributed by atoms with van der Waals surface area (Å²) in [5.41, 5.74) is -0.233. The van der Waals surface area contributed by atoms with E-state index in [4.69, 9.17) is 0 Å². The van der Waals surface area contributed by atoms with Crippen molar-refractivity contribution in [2.75, 3.05) is 0 Å². The summed E-state index contributed by atoms with van der Waals surface area (Å²) < 4.78 is 53.0. The molecule has 0 amide bonds. The molecular weight excluding hydrogens is 296 g/mol. The number of hydrogen-bond donors (Lipinski definition) is 0. The van der Waals surface area contributed by atoms with Crippen LogP contribution in [0.3, 0.4) is 0 Å². The molecule has 0 unspecified atom stereocenters. The molecule has 0 radical (unpaired) electrons. The first-order valence-electron chi connectivity index (χ1n) is 3.96. The van der Waals surface area contributed by atoms with Crippen molar-refractivity contribution in [3.8, 4) is 5.75 Å². The van der Waals surface area contributed by atoms with Gasteiger partial charge in [-0.3, -0.25) is 4.79 Å². The van der Waals surface area contributed by atoms with Crippen molar-refractivity contribution in [3.63, 3.8) is 0 Å². The molecule has 1 rings (SSSR count). The maximum absolute atomic E-state index is 12.6. The summed E-state index contributed by atoms with van der Waals surface area (Å²) in [5.74, 6) is -0.602. The first-order valence-corrected chi connectivity index (χ1v) is 4.76. The molecule has 0 heterocycles. The van der Waals surface area contributed by atoms with E-state index in [2.05, 4.69) is 20.7 Å². The van der Waals surface area contributed by atoms with Crippen molar-refractivity contribution in [1.82, 2.24) is 0 Å². The van der Waals surface area contributed by atoms with Gasteiger partial charge >= 0.3 is 12.5 Å². The highest BCUT2D eigenvalue weighted by atomic mass is 79.9. The number of aldehydes is 1. The smallest absolute Gasteiger partial charge is 0.427 e. The van der Waals surface area contributed by atoms with Crippen LogP contribution in [0.1, 0.15) is 10.4 Å². The van der Waals surface area contributed by atoms with E-state index in [1.165, 1.54) is 12.1 Å². The van der Waals surface area contributed by atoms with Crippen LogP contribution in [0.4, 0.5) is 17.6 Å². The van der Waals surface area contributed by atoms with Crippen LogP contribution in [0.15, 0.2) is 22.7 Å². The summed E-state index contributed by atoms with van der Waals surface area (Å²) in [5, 5.41) is 0. The van der Waals surface area contributed by atoms with E-state index in [1.807, 2.05) is 0 Å². The molecule has 0 saturated carbocycles. The highest BCUT2D eigenvalue weighted by Crippen LogP contribution is 2.31. The van der Waals surface area contributed by atoms with Gasteiger partial charge in [-0.15, -0.1) is 0 Å². The monoisotopic (exact) mass is 300 g/mol. The SMILES string of the molecule is O=Cc1ccc(Br)cc1OC(F)(F)C(F)F. The Bertz CT molecular complexity index is 395. The fraction of sp³-hybridized carbons (Fsp3) is 0.222. The Morgan fingerprint density at radius 2 is 2.00 bits per heavy atom. The van der Waals surface area contributed by atoms with Crippen LogP contribution < -0.4 is 4.74 Å². The zero-order valence-electron chi connectivity index (χ0n) is 7.59. The van der Waals surface area contributed by atoms with Gasteiger partial charge in [0.2, 0.25) is 0 Å². The van der Waals surface area contributed by atoms with E-state index in [0.29, 0.717) is 4.47 Å². The topological polar surface area (TPSA) is 26.3 Å². The Balaban J connectivity index is 3.04. The average molecular weight is 301 g/mol. The Kier molecular flexibility index (Phi) is 3.90. The minimum Gasteiger partial charge on any atom is -0.427 e. The van der Waals surface area contributed by atoms with Crippen LogP contribution in [0.25, 0.3) is 0 Å². The summed E-state index contributed by atoms with van der Waals surface area (Å²) in [7, 11) is 0. The zero-order chi connectivity index (χ0) is 12.3. The molecule has 0 bridgehead atoms. The highest BCUT2D eigenvalue weighted by molar-refractivity contribution is 9.10. The first kappa shape index (κ1) is 13.0. The molecule has 0 aromatic heterocycles. The van der Waals surface area contributed by atoms with Crippen molar-refractivity contribution in [2.24, 2.45) is 0 Å². The van der Waals surface area contributed by atoms with Crippen LogP contribution in [-0.2, 0) is 0 Å². The molecule has 0 saturated heterocycles. The number of alkyl halides is 4. The molecule has 0 fully saturated rings. The number of hydrogen-bond acceptors (Lipinski definition) is 2. The Morgan fingerprint density at radius 1 is 1.38 bits per heavy atom. The molecule has 0 spiro atoms. The normalized spacial score (nSPS) is 11.6. The van der Waals surface area contributed by atoms with Crippen molar-refractivity contribution < 1.29 is 27.1 Å². The molecule has 7 heteroatoms. The van der Waals surface area contributed by atoms with E-state index in [0.717, 1.165) is 6.07 Å². The third-order valence-corrected chi connectivity index (χ3v) is 2.10. The van der Waals surface area contributed by atoms with Crippen molar-refractivity contribution >= 4 is 22.2 Å². The third-order valence-electron chi connectivity index (χ3n) is 1.60. The van der Waals surface area contributed by atoms with E-state index < -0.39 is 18.3 Å². The van der Waals surface area contributed by atoms with Crippen LogP contribution in [-0.4, -0.2) is 18.8 Å². The third kappa shape index (κ3) is 2.94. The molecule has 1 aromatic carbocycles. The highest BCUT2D eigenvalue weighted by Gasteiger charge is 2.44. The second-order valence-electron chi connectivity index (χ2n) is 2.76. The molecule has 1 aromatic rings. The summed E-state index contributed by atoms with van der Waals surface area (Å²) in [6.07, 6.45) is -8.35. The van der Waals surface area contributed by atoms with Crippen LogP contribution >= 0.6 is 15.9 Å². The lowest BCUT2D eigenvalue weighted by Gasteiger charge is -2.17. The number of halogens is 5. The lowest BCUT2D eigenvalue weighted by Crippen LogP contribution is -2.33. The lowest BCUT2D eigenvalue weighted by atomic mass is 10.2. The Labute approximate surface area is 96.3 Å². The van der Waals surface area contributed by atoms with Gasteiger partial charge in [0.15, 0.2) is 6.29 Å². The van der Waals surface area contributed by atoms with Crippen molar-refractivity contribution in [3.05, 3.63) is 28.2 Å². The van der Waals surface area contributed by atoms with E-state index in [9.17, 15) is 22.4 Å². The molecule has 0 N–H and O–H groups in total. The number of benzene rings is 1. The quantitative estimate of drug-likeness (QED) is 0.628. The molecule has 2 nitrogen and oxygen atoms in total. The maximum atomic E-state index is 12.6. The van der Waals surface area contributed by atoms with Gasteiger partial charge in [-0.25, -0.2) is 0 Å². The van der Waals surface area contributed by atoms with Crippen LogP contribution in [0.2, 0.25) is 0 Å². The van der Waals surface area contributed by atoms with Gasteiger partial charge in [0.05, 0.1) is 5.56 Å². The maximum Gasteiger partial charge on any atom is 0.461 e. The average Bonchev–Trinajstić information content (AvgIpc) is 2.17. The van der Waals surface area contributed by atoms with Gasteiger partial charge in [0.1, 0.15) is 5.75 Å². The van der Waals surface area contributed by atoms with Gasteiger partial charge in [-0.05, 0) is 18.2 Å². The van der Waals surface area contributed by atoms with Crippen LogP contribution in [0, 0.1) is 0 Å². The summed E-state index contributed by atoms with van der Waals surface area (Å²) in [6, 6.07) is 3.59. The van der Waals surface area contributed by atoms with Gasteiger partial charge in [-0.2, -0.15) is 17.6 Å². The lowest BCUT2D eigenvalue weighted by molar-refractivity contribution is -0.253. The largest absolute Gasteiger partial charge is 0.461 e. The van der Waals surface area contributed by atoms with Gasteiger partial charge in [0.25, 0.3) is 0 Å². The van der Waals surface area contributed by atoms with Crippen molar-refractivity contribution in [1.29, 1.82) is 0 Å². The number of carbonyl (C=O) groups is 1. The van der Waals surface area contributed by atoms with Crippen LogP contribution in [0.5, 0.6) is 5.75 Å². The number of ether oxygens (including phenoxy) is 1. The van der Waals surface area contributed by atoms with Gasteiger partial charge < -0.3 is 4.74 Å². The molecule has 0 aliphatic heterocycles. The first-order chi connectivity index (χ1) is 7.36. The Morgan fingerprint density at radius 3 is 2.50 bits per heavy atom. The molecule has 0 aliphatic carbocycles. The zero-order valence-corrected chi connectivity index (χ0v) is 9.18. The molecule has 0 aliphatic rings. The minimum atomic E-state index is -4.63. The molecular formula is C9H5BrF4O2. The summed E-state index contributed by atoms with van der Waals surface area (Å²) in [4.78, 5) is 10.5. The second-order valence-corrected chi connectivity index (χ2v) is 3.68. The summed E-state index contributed by atoms with van der Waals surface area (Å²) >= 11 is 2.94. The number of rotatable bonds is 4. The van der Waals surface area contributed by atoms with Gasteiger partial charge in [-0.1, -0.05) is 15.9 Å². The minimum absolute atomic E-state index is 0.233. The summed E-state index contributed by atoms with van der Waals surface area (Å²) in [6.45, 7) is 0. The Hall–Kier alpha value is -1.11.